The van der Waals surface area contributed by atoms with Crippen LogP contribution in [-0.4, -0.2) is 11.2 Å². The summed E-state index contributed by atoms with van der Waals surface area (Å²) in [7, 11) is 0. The second-order valence-electron chi connectivity index (χ2n) is 4.27. The molecule has 2 rings (SSSR count). The zero-order valence-electron chi connectivity index (χ0n) is 10.6. The van der Waals surface area contributed by atoms with Gasteiger partial charge in [-0.2, -0.15) is 0 Å². The fourth-order valence-corrected chi connectivity index (χ4v) is 2.78. The molecule has 1 aromatic carbocycles. The molecule has 3 heteroatoms. The first kappa shape index (κ1) is 13.6. The van der Waals surface area contributed by atoms with Crippen LogP contribution in [0.1, 0.15) is 21.6 Å². The Labute approximate surface area is 121 Å². The molecule has 0 bridgehead atoms. The zero-order chi connectivity index (χ0) is 13.0. The van der Waals surface area contributed by atoms with Crippen LogP contribution in [-0.2, 0) is 6.42 Å². The number of alkyl halides is 1. The molecule has 94 valence electrons. The normalized spacial score (nSPS) is 12.4. The Morgan fingerprint density at radius 2 is 1.89 bits per heavy atom. The van der Waals surface area contributed by atoms with Crippen LogP contribution in [0, 0.1) is 6.92 Å². The van der Waals surface area contributed by atoms with Gasteiger partial charge in [0.05, 0.1) is 0 Å². The molecule has 1 unspecified atom stereocenters. The highest BCUT2D eigenvalue weighted by Gasteiger charge is 2.09. The predicted molar refractivity (Wildman–Crippen MR) is 82.6 cm³/mol. The standard InChI is InChI=1S/C15H16BrNS/c1-11-3-6-13(17-10-11)9-15(16)12-4-7-14(18-2)8-5-12/h3-8,10,15H,9H2,1-2H3. The van der Waals surface area contributed by atoms with E-state index in [0.717, 1.165) is 12.1 Å². The number of nitrogens with zero attached hydrogens (tertiary/aromatic N) is 1. The molecule has 0 aliphatic rings. The molecule has 1 atom stereocenters. The van der Waals surface area contributed by atoms with Crippen LogP contribution in [0.25, 0.3) is 0 Å². The topological polar surface area (TPSA) is 12.9 Å². The van der Waals surface area contributed by atoms with Gasteiger partial charge in [0.2, 0.25) is 0 Å². The molecule has 1 nitrogen and oxygen atoms in total. The summed E-state index contributed by atoms with van der Waals surface area (Å²) in [6.07, 6.45) is 4.93. The van der Waals surface area contributed by atoms with E-state index in [2.05, 4.69) is 70.5 Å². The predicted octanol–water partition coefficient (Wildman–Crippen LogP) is 4.79. The van der Waals surface area contributed by atoms with Crippen LogP contribution >= 0.6 is 27.7 Å². The molecule has 0 saturated heterocycles. The number of rotatable bonds is 4. The van der Waals surface area contributed by atoms with Crippen molar-refractivity contribution in [2.24, 2.45) is 0 Å². The van der Waals surface area contributed by atoms with Gasteiger partial charge in [-0.05, 0) is 42.5 Å². The second kappa shape index (κ2) is 6.39. The second-order valence-corrected chi connectivity index (χ2v) is 6.26. The quantitative estimate of drug-likeness (QED) is 0.593. The van der Waals surface area contributed by atoms with Crippen molar-refractivity contribution in [1.29, 1.82) is 0 Å². The first-order valence-corrected chi connectivity index (χ1v) is 8.02. The third-order valence-corrected chi connectivity index (χ3v) is 4.43. The van der Waals surface area contributed by atoms with E-state index in [-0.39, 0.29) is 0 Å². The molecule has 18 heavy (non-hydrogen) atoms. The number of pyridine rings is 1. The van der Waals surface area contributed by atoms with Gasteiger partial charge in [0.15, 0.2) is 0 Å². The third kappa shape index (κ3) is 3.59. The number of halogens is 1. The van der Waals surface area contributed by atoms with E-state index >= 15 is 0 Å². The maximum absolute atomic E-state index is 4.44. The SMILES string of the molecule is CSc1ccc(C(Br)Cc2ccc(C)cn2)cc1. The van der Waals surface area contributed by atoms with E-state index in [4.69, 9.17) is 0 Å². The summed E-state index contributed by atoms with van der Waals surface area (Å²) in [5.41, 5.74) is 3.63. The molecule has 0 N–H and O–H groups in total. The molecular formula is C15H16BrNS. The molecule has 0 radical (unpaired) electrons. The van der Waals surface area contributed by atoms with Crippen molar-refractivity contribution in [3.8, 4) is 0 Å². The van der Waals surface area contributed by atoms with Crippen LogP contribution in [0.2, 0.25) is 0 Å². The van der Waals surface area contributed by atoms with Crippen molar-refractivity contribution in [3.63, 3.8) is 0 Å². The van der Waals surface area contributed by atoms with E-state index in [1.165, 1.54) is 16.0 Å². The average Bonchev–Trinajstić information content (AvgIpc) is 2.41. The van der Waals surface area contributed by atoms with Crippen LogP contribution in [0.15, 0.2) is 47.5 Å². The van der Waals surface area contributed by atoms with Crippen molar-refractivity contribution in [1.82, 2.24) is 4.98 Å². The summed E-state index contributed by atoms with van der Waals surface area (Å²) in [6.45, 7) is 2.06. The summed E-state index contributed by atoms with van der Waals surface area (Å²) in [5.74, 6) is 0. The number of hydrogen-bond acceptors (Lipinski definition) is 2. The van der Waals surface area contributed by atoms with E-state index in [1.807, 2.05) is 6.20 Å². The Hall–Kier alpha value is -0.800. The summed E-state index contributed by atoms with van der Waals surface area (Å²) in [5, 5.41) is 0. The van der Waals surface area contributed by atoms with E-state index in [1.54, 1.807) is 11.8 Å². The van der Waals surface area contributed by atoms with Crippen molar-refractivity contribution in [2.45, 2.75) is 23.1 Å². The van der Waals surface area contributed by atoms with Gasteiger partial charge in [0.25, 0.3) is 0 Å². The Morgan fingerprint density at radius 1 is 1.17 bits per heavy atom. The molecule has 1 heterocycles. The minimum absolute atomic E-state index is 0.323. The number of aryl methyl sites for hydroxylation is 1. The summed E-state index contributed by atoms with van der Waals surface area (Å²) in [4.78, 5) is 6.06. The highest BCUT2D eigenvalue weighted by molar-refractivity contribution is 9.09. The van der Waals surface area contributed by atoms with Gasteiger partial charge in [-0.15, -0.1) is 11.8 Å². The average molecular weight is 322 g/mol. The molecular weight excluding hydrogens is 306 g/mol. The molecule has 0 amide bonds. The molecule has 0 saturated carbocycles. The van der Waals surface area contributed by atoms with Crippen LogP contribution in [0.5, 0.6) is 0 Å². The van der Waals surface area contributed by atoms with Gasteiger partial charge >= 0.3 is 0 Å². The molecule has 0 aliphatic heterocycles. The number of hydrogen-bond donors (Lipinski definition) is 0. The summed E-state index contributed by atoms with van der Waals surface area (Å²) in [6, 6.07) is 12.9. The Kier molecular flexibility index (Phi) is 4.84. The van der Waals surface area contributed by atoms with Crippen LogP contribution in [0.4, 0.5) is 0 Å². The summed E-state index contributed by atoms with van der Waals surface area (Å²) < 4.78 is 0. The van der Waals surface area contributed by atoms with E-state index < -0.39 is 0 Å². The van der Waals surface area contributed by atoms with Crippen molar-refractivity contribution >= 4 is 27.7 Å². The van der Waals surface area contributed by atoms with Gasteiger partial charge in [0.1, 0.15) is 0 Å². The largest absolute Gasteiger partial charge is 0.261 e. The monoisotopic (exact) mass is 321 g/mol. The van der Waals surface area contributed by atoms with Crippen molar-refractivity contribution in [2.75, 3.05) is 6.26 Å². The lowest BCUT2D eigenvalue weighted by molar-refractivity contribution is 0.901. The molecule has 0 spiro atoms. The molecule has 2 aromatic rings. The fraction of sp³-hybridized carbons (Fsp3) is 0.267. The minimum Gasteiger partial charge on any atom is -0.261 e. The zero-order valence-corrected chi connectivity index (χ0v) is 13.0. The van der Waals surface area contributed by atoms with Gasteiger partial charge in [0, 0.05) is 28.0 Å². The van der Waals surface area contributed by atoms with Crippen LogP contribution < -0.4 is 0 Å². The van der Waals surface area contributed by atoms with E-state index in [0.29, 0.717) is 4.83 Å². The molecule has 0 fully saturated rings. The van der Waals surface area contributed by atoms with Crippen LogP contribution in [0.3, 0.4) is 0 Å². The number of thioether (sulfide) groups is 1. The molecule has 1 aromatic heterocycles. The van der Waals surface area contributed by atoms with Crippen molar-refractivity contribution in [3.05, 3.63) is 59.4 Å². The Balaban J connectivity index is 2.06. The van der Waals surface area contributed by atoms with E-state index in [9.17, 15) is 0 Å². The van der Waals surface area contributed by atoms with Gasteiger partial charge < -0.3 is 0 Å². The van der Waals surface area contributed by atoms with Gasteiger partial charge in [-0.1, -0.05) is 34.1 Å². The lowest BCUT2D eigenvalue weighted by Gasteiger charge is -2.10. The number of benzene rings is 1. The van der Waals surface area contributed by atoms with Gasteiger partial charge in [-0.25, -0.2) is 0 Å². The lowest BCUT2D eigenvalue weighted by Crippen LogP contribution is -1.97. The lowest BCUT2D eigenvalue weighted by atomic mass is 10.1. The fourth-order valence-electron chi connectivity index (χ4n) is 1.73. The number of aromatic nitrogens is 1. The highest BCUT2D eigenvalue weighted by Crippen LogP contribution is 2.28. The first-order chi connectivity index (χ1) is 8.69. The summed E-state index contributed by atoms with van der Waals surface area (Å²) >= 11 is 5.51. The highest BCUT2D eigenvalue weighted by atomic mass is 79.9. The first-order valence-electron chi connectivity index (χ1n) is 5.88. The Bertz CT molecular complexity index is 493. The van der Waals surface area contributed by atoms with Crippen molar-refractivity contribution < 1.29 is 0 Å². The maximum atomic E-state index is 4.44. The maximum Gasteiger partial charge on any atom is 0.0450 e. The molecule has 0 aliphatic carbocycles. The minimum atomic E-state index is 0.323. The van der Waals surface area contributed by atoms with Gasteiger partial charge in [-0.3, -0.25) is 4.98 Å². The smallest absolute Gasteiger partial charge is 0.0450 e. The Morgan fingerprint density at radius 3 is 2.44 bits per heavy atom. The third-order valence-electron chi connectivity index (χ3n) is 2.84.